The van der Waals surface area contributed by atoms with Crippen molar-refractivity contribution < 1.29 is 42.1 Å². The van der Waals surface area contributed by atoms with Crippen LogP contribution in [-0.4, -0.2) is 106 Å². The molecule has 1 atom stereocenters. The summed E-state index contributed by atoms with van der Waals surface area (Å²) in [5.41, 5.74) is 4.59. The highest BCUT2D eigenvalue weighted by molar-refractivity contribution is 7.22. The molecule has 1 fully saturated rings. The van der Waals surface area contributed by atoms with Crippen molar-refractivity contribution >= 4 is 50.3 Å². The third kappa shape index (κ3) is 9.88. The summed E-state index contributed by atoms with van der Waals surface area (Å²) >= 11 is 1.41. The minimum atomic E-state index is -4.55. The number of nitrogens with zero attached hydrogens (tertiary/aromatic N) is 5. The van der Waals surface area contributed by atoms with Gasteiger partial charge < -0.3 is 24.4 Å². The number of rotatable bonds is 12. The SMILES string of the molecule is Cc1c(OCCCN2CCN(CC(=O)O)[C@@H](C(F)(F)F)C2)cccc1-c1ccc(N2CCc3cccc(C(=O)Nc4nc5ccccc5s4)c3C2)nc1C(=O)OC(C)(C)C. The lowest BCUT2D eigenvalue weighted by Gasteiger charge is -2.41. The molecule has 0 bridgehead atoms. The first kappa shape index (κ1) is 42.5. The number of anilines is 2. The topological polar surface area (TPSA) is 137 Å². The average molecular weight is 845 g/mol. The van der Waals surface area contributed by atoms with Gasteiger partial charge in [0.2, 0.25) is 0 Å². The lowest BCUT2D eigenvalue weighted by molar-refractivity contribution is -0.198. The maximum Gasteiger partial charge on any atom is 0.405 e. The lowest BCUT2D eigenvalue weighted by Crippen LogP contribution is -2.60. The molecule has 0 radical (unpaired) electrons. The van der Waals surface area contributed by atoms with E-state index in [1.165, 1.54) is 11.3 Å². The number of piperazine rings is 1. The van der Waals surface area contributed by atoms with Crippen LogP contribution in [0.3, 0.4) is 0 Å². The summed E-state index contributed by atoms with van der Waals surface area (Å²) in [6, 6.07) is 20.7. The van der Waals surface area contributed by atoms with Crippen molar-refractivity contribution in [3.8, 4) is 16.9 Å². The molecule has 2 aromatic heterocycles. The van der Waals surface area contributed by atoms with Gasteiger partial charge in [-0.2, -0.15) is 13.2 Å². The molecule has 12 nitrogen and oxygen atoms in total. The Morgan fingerprint density at radius 2 is 1.72 bits per heavy atom. The van der Waals surface area contributed by atoms with E-state index in [4.69, 9.17) is 19.6 Å². The smallest absolute Gasteiger partial charge is 0.405 e. The van der Waals surface area contributed by atoms with E-state index in [9.17, 15) is 27.6 Å². The number of aromatic nitrogens is 2. The van der Waals surface area contributed by atoms with Gasteiger partial charge in [0.1, 0.15) is 23.2 Å². The molecule has 316 valence electrons. The highest BCUT2D eigenvalue weighted by Crippen LogP contribution is 2.36. The quantitative estimate of drug-likeness (QED) is 0.0939. The van der Waals surface area contributed by atoms with Gasteiger partial charge in [0.25, 0.3) is 5.91 Å². The predicted molar refractivity (Wildman–Crippen MR) is 224 cm³/mol. The highest BCUT2D eigenvalue weighted by atomic mass is 32.1. The van der Waals surface area contributed by atoms with E-state index in [1.54, 1.807) is 37.8 Å². The van der Waals surface area contributed by atoms with E-state index >= 15 is 0 Å². The van der Waals surface area contributed by atoms with Crippen LogP contribution in [0.1, 0.15) is 64.7 Å². The molecule has 0 spiro atoms. The van der Waals surface area contributed by atoms with Crippen molar-refractivity contribution in [2.45, 2.75) is 64.9 Å². The normalized spacial score (nSPS) is 16.4. The molecule has 2 N–H and O–H groups in total. The molecule has 5 aromatic rings. The van der Waals surface area contributed by atoms with Gasteiger partial charge in [0, 0.05) is 50.4 Å². The number of nitrogens with one attached hydrogen (secondary N) is 1. The van der Waals surface area contributed by atoms with Crippen molar-refractivity contribution in [2.75, 3.05) is 56.1 Å². The van der Waals surface area contributed by atoms with Crippen LogP contribution in [0.4, 0.5) is 24.1 Å². The van der Waals surface area contributed by atoms with E-state index in [0.717, 1.165) is 31.8 Å². The zero-order valence-corrected chi connectivity index (χ0v) is 34.7. The number of halogens is 3. The largest absolute Gasteiger partial charge is 0.493 e. The zero-order chi connectivity index (χ0) is 42.8. The molecule has 4 heterocycles. The second-order valence-corrected chi connectivity index (χ2v) is 17.0. The molecule has 3 aromatic carbocycles. The number of amides is 1. The van der Waals surface area contributed by atoms with Gasteiger partial charge in [-0.1, -0.05) is 47.7 Å². The average Bonchev–Trinajstić information content (AvgIpc) is 3.61. The van der Waals surface area contributed by atoms with Crippen LogP contribution in [-0.2, 0) is 22.5 Å². The van der Waals surface area contributed by atoms with Crippen LogP contribution in [0, 0.1) is 6.92 Å². The molecule has 2 aliphatic rings. The summed E-state index contributed by atoms with van der Waals surface area (Å²) in [5, 5.41) is 12.6. The van der Waals surface area contributed by atoms with E-state index < -0.39 is 36.3 Å². The fourth-order valence-corrected chi connectivity index (χ4v) is 8.55. The number of hydrogen-bond donors (Lipinski definition) is 2. The molecular weight excluding hydrogens is 798 g/mol. The number of esters is 1. The Labute approximate surface area is 349 Å². The third-order valence-electron chi connectivity index (χ3n) is 10.6. The number of carbonyl (C=O) groups is 3. The number of carboxylic acid groups (broad SMARTS) is 1. The minimum Gasteiger partial charge on any atom is -0.493 e. The molecule has 0 saturated carbocycles. The van der Waals surface area contributed by atoms with E-state index in [1.807, 2.05) is 72.5 Å². The van der Waals surface area contributed by atoms with Crippen LogP contribution in [0.15, 0.2) is 72.8 Å². The standard InChI is InChI=1S/C44H47F3N6O6S/c1-27-29(11-8-14-34(27)58-23-9-19-51-21-22-52(26-38(54)55)36(25-51)44(45,46)47)30-16-17-37(49-39(30)41(57)59-43(2,3)4)53-20-18-28-10-7-12-31(32(28)24-53)40(56)50-42-48-33-13-5-6-15-35(33)60-42/h5-8,10-17,36H,9,18-26H2,1-4H3,(H,54,55)(H,48,50,56)/t36-/m1/s1. The highest BCUT2D eigenvalue weighted by Gasteiger charge is 2.46. The maximum absolute atomic E-state index is 13.9. The van der Waals surface area contributed by atoms with Crippen LogP contribution in [0.25, 0.3) is 21.3 Å². The number of alkyl halides is 3. The number of pyridine rings is 1. The number of thiazole rings is 1. The molecule has 2 aliphatic heterocycles. The van der Waals surface area contributed by atoms with Crippen molar-refractivity contribution in [1.29, 1.82) is 0 Å². The number of benzene rings is 3. The number of carboxylic acids is 1. The number of hydrogen-bond acceptors (Lipinski definition) is 11. The van der Waals surface area contributed by atoms with Gasteiger partial charge in [0.05, 0.1) is 23.4 Å². The lowest BCUT2D eigenvalue weighted by atomic mass is 9.94. The Kier molecular flexibility index (Phi) is 12.5. The van der Waals surface area contributed by atoms with Gasteiger partial charge in [0.15, 0.2) is 10.8 Å². The van der Waals surface area contributed by atoms with Gasteiger partial charge in [-0.15, -0.1) is 0 Å². The molecule has 1 amide bonds. The van der Waals surface area contributed by atoms with Crippen molar-refractivity contribution in [2.24, 2.45) is 0 Å². The summed E-state index contributed by atoms with van der Waals surface area (Å²) in [5.74, 6) is -1.04. The van der Waals surface area contributed by atoms with Crippen molar-refractivity contribution in [3.05, 3.63) is 101 Å². The summed E-state index contributed by atoms with van der Waals surface area (Å²) in [6.07, 6.45) is -3.45. The van der Waals surface area contributed by atoms with Crippen LogP contribution < -0.4 is 15.0 Å². The zero-order valence-electron chi connectivity index (χ0n) is 33.8. The molecule has 0 aliphatic carbocycles. The maximum atomic E-state index is 13.9. The van der Waals surface area contributed by atoms with E-state index in [0.29, 0.717) is 72.4 Å². The minimum absolute atomic E-state index is 0.000338. The van der Waals surface area contributed by atoms with E-state index in [2.05, 4.69) is 10.3 Å². The fraction of sp³-hybridized carbons (Fsp3) is 0.386. The molecule has 7 rings (SSSR count). The summed E-state index contributed by atoms with van der Waals surface area (Å²) in [6.45, 7) is 8.13. The predicted octanol–water partition coefficient (Wildman–Crippen LogP) is 7.84. The Morgan fingerprint density at radius 3 is 2.47 bits per heavy atom. The summed E-state index contributed by atoms with van der Waals surface area (Å²) < 4.78 is 54.3. The summed E-state index contributed by atoms with van der Waals surface area (Å²) in [4.78, 5) is 52.9. The number of aliphatic carboxylic acids is 1. The second kappa shape index (κ2) is 17.6. The van der Waals surface area contributed by atoms with Crippen molar-refractivity contribution in [3.63, 3.8) is 0 Å². The van der Waals surface area contributed by atoms with Gasteiger partial charge in [-0.25, -0.2) is 14.8 Å². The van der Waals surface area contributed by atoms with Crippen molar-refractivity contribution in [1.82, 2.24) is 19.8 Å². The first-order valence-corrected chi connectivity index (χ1v) is 20.6. The Balaban J connectivity index is 1.08. The van der Waals surface area contributed by atoms with Gasteiger partial charge >= 0.3 is 18.1 Å². The summed E-state index contributed by atoms with van der Waals surface area (Å²) in [7, 11) is 0. The Morgan fingerprint density at radius 1 is 0.933 bits per heavy atom. The molecule has 1 saturated heterocycles. The van der Waals surface area contributed by atoms with E-state index in [-0.39, 0.29) is 31.3 Å². The van der Waals surface area contributed by atoms with Crippen LogP contribution >= 0.6 is 11.3 Å². The fourth-order valence-electron chi connectivity index (χ4n) is 7.69. The Hall–Kier alpha value is -5.58. The third-order valence-corrected chi connectivity index (χ3v) is 11.5. The molecular formula is C44H47F3N6O6S. The van der Waals surface area contributed by atoms with Crippen LogP contribution in [0.2, 0.25) is 0 Å². The van der Waals surface area contributed by atoms with Gasteiger partial charge in [-0.3, -0.25) is 19.8 Å². The number of carbonyl (C=O) groups excluding carboxylic acids is 2. The molecule has 60 heavy (non-hydrogen) atoms. The van der Waals surface area contributed by atoms with Gasteiger partial charge in [-0.05, 0) is 99.2 Å². The first-order chi connectivity index (χ1) is 28.5. The second-order valence-electron chi connectivity index (χ2n) is 16.0. The van der Waals surface area contributed by atoms with Crippen LogP contribution in [0.5, 0.6) is 5.75 Å². The number of para-hydroxylation sites is 1. The first-order valence-electron chi connectivity index (χ1n) is 19.8. The molecule has 16 heteroatoms. The number of fused-ring (bicyclic) bond motifs is 2. The molecule has 0 unspecified atom stereocenters. The Bertz CT molecular complexity index is 2370. The number of ether oxygens (including phenoxy) is 2. The monoisotopic (exact) mass is 844 g/mol.